The van der Waals surface area contributed by atoms with Crippen molar-refractivity contribution in [2.24, 2.45) is 11.7 Å². The molecule has 1 saturated carbocycles. The fraction of sp³-hybridized carbons (Fsp3) is 0.688. The van der Waals surface area contributed by atoms with Crippen molar-refractivity contribution in [1.29, 1.82) is 0 Å². The Bertz CT molecular complexity index is 465. The lowest BCUT2D eigenvalue weighted by atomic mass is 9.94. The number of hydrogen-bond acceptors (Lipinski definition) is 3. The van der Waals surface area contributed by atoms with E-state index in [9.17, 15) is 0 Å². The summed E-state index contributed by atoms with van der Waals surface area (Å²) < 4.78 is 0. The van der Waals surface area contributed by atoms with Gasteiger partial charge in [0.05, 0.1) is 0 Å². The molecule has 3 nitrogen and oxygen atoms in total. The molecule has 2 aliphatic carbocycles. The van der Waals surface area contributed by atoms with Gasteiger partial charge in [0.15, 0.2) is 0 Å². The molecule has 0 aromatic carbocycles. The first-order valence-corrected chi connectivity index (χ1v) is 7.65. The summed E-state index contributed by atoms with van der Waals surface area (Å²) in [6.07, 6.45) is 7.63. The van der Waals surface area contributed by atoms with Gasteiger partial charge in [-0.15, -0.1) is 0 Å². The van der Waals surface area contributed by atoms with Crippen LogP contribution in [-0.2, 0) is 19.4 Å². The van der Waals surface area contributed by atoms with Gasteiger partial charge in [0.2, 0.25) is 0 Å². The first kappa shape index (κ1) is 12.9. The van der Waals surface area contributed by atoms with Crippen LogP contribution < -0.4 is 10.6 Å². The summed E-state index contributed by atoms with van der Waals surface area (Å²) in [6, 6.07) is 2.90. The standard InChI is InChI=1S/C16H25N3/c1-11(12-7-8-12)19(2)16-14(10-17)9-13-5-3-4-6-15(13)18-16/h9,11-12H,3-8,10,17H2,1-2H3. The Kier molecular flexibility index (Phi) is 3.48. The second-order valence-corrected chi connectivity index (χ2v) is 6.18. The van der Waals surface area contributed by atoms with Gasteiger partial charge >= 0.3 is 0 Å². The average Bonchev–Trinajstić information content (AvgIpc) is 3.28. The summed E-state index contributed by atoms with van der Waals surface area (Å²) >= 11 is 0. The molecule has 2 N–H and O–H groups in total. The minimum atomic E-state index is 0.583. The second kappa shape index (κ2) is 5.12. The maximum atomic E-state index is 5.95. The van der Waals surface area contributed by atoms with Crippen LogP contribution in [0.15, 0.2) is 6.07 Å². The first-order chi connectivity index (χ1) is 9.20. The number of hydrogen-bond donors (Lipinski definition) is 1. The van der Waals surface area contributed by atoms with Crippen LogP contribution in [0.4, 0.5) is 5.82 Å². The van der Waals surface area contributed by atoms with Crippen molar-refractivity contribution in [3.05, 3.63) is 22.9 Å². The van der Waals surface area contributed by atoms with E-state index in [2.05, 4.69) is 24.9 Å². The van der Waals surface area contributed by atoms with E-state index in [4.69, 9.17) is 10.7 Å². The van der Waals surface area contributed by atoms with E-state index < -0.39 is 0 Å². The fourth-order valence-corrected chi connectivity index (χ4v) is 3.21. The van der Waals surface area contributed by atoms with Gasteiger partial charge in [-0.1, -0.05) is 0 Å². The second-order valence-electron chi connectivity index (χ2n) is 6.18. The number of fused-ring (bicyclic) bond motifs is 1. The molecule has 1 unspecified atom stereocenters. The van der Waals surface area contributed by atoms with Crippen molar-refractivity contribution in [2.45, 2.75) is 58.0 Å². The van der Waals surface area contributed by atoms with Gasteiger partial charge in [0.25, 0.3) is 0 Å². The molecule has 104 valence electrons. The molecular weight excluding hydrogens is 234 g/mol. The van der Waals surface area contributed by atoms with Gasteiger partial charge < -0.3 is 10.6 Å². The number of nitrogens with zero attached hydrogens (tertiary/aromatic N) is 2. The fourth-order valence-electron chi connectivity index (χ4n) is 3.21. The summed E-state index contributed by atoms with van der Waals surface area (Å²) in [5.41, 5.74) is 9.91. The van der Waals surface area contributed by atoms with E-state index in [1.807, 2.05) is 0 Å². The monoisotopic (exact) mass is 259 g/mol. The number of pyridine rings is 1. The highest BCUT2D eigenvalue weighted by Gasteiger charge is 2.32. The first-order valence-electron chi connectivity index (χ1n) is 7.65. The summed E-state index contributed by atoms with van der Waals surface area (Å²) in [6.45, 7) is 2.91. The van der Waals surface area contributed by atoms with Gasteiger partial charge in [-0.25, -0.2) is 4.98 Å². The third-order valence-corrected chi connectivity index (χ3v) is 4.83. The Morgan fingerprint density at radius 3 is 2.79 bits per heavy atom. The smallest absolute Gasteiger partial charge is 0.133 e. The highest BCUT2D eigenvalue weighted by atomic mass is 15.2. The molecule has 3 heteroatoms. The molecule has 0 saturated heterocycles. The van der Waals surface area contributed by atoms with E-state index in [0.717, 1.165) is 18.2 Å². The number of rotatable bonds is 4. The lowest BCUT2D eigenvalue weighted by Gasteiger charge is -2.29. The minimum absolute atomic E-state index is 0.583. The predicted octanol–water partition coefficient (Wildman–Crippen LogP) is 2.65. The molecule has 0 spiro atoms. The molecule has 1 atom stereocenters. The van der Waals surface area contributed by atoms with Crippen molar-refractivity contribution in [2.75, 3.05) is 11.9 Å². The normalized spacial score (nSPS) is 19.9. The van der Waals surface area contributed by atoms with Gasteiger partial charge in [0.1, 0.15) is 5.82 Å². The molecule has 1 heterocycles. The molecule has 1 fully saturated rings. The minimum Gasteiger partial charge on any atom is -0.356 e. The van der Waals surface area contributed by atoms with E-state index in [0.29, 0.717) is 12.6 Å². The van der Waals surface area contributed by atoms with Crippen molar-refractivity contribution < 1.29 is 0 Å². The molecule has 1 aromatic heterocycles. The summed E-state index contributed by atoms with van der Waals surface area (Å²) in [4.78, 5) is 7.32. The van der Waals surface area contributed by atoms with Crippen LogP contribution in [0.3, 0.4) is 0 Å². The Morgan fingerprint density at radius 2 is 2.11 bits per heavy atom. The Morgan fingerprint density at radius 1 is 1.37 bits per heavy atom. The molecular formula is C16H25N3. The SMILES string of the molecule is CC(C1CC1)N(C)c1nc2c(cc1CN)CCCC2. The van der Waals surface area contributed by atoms with Crippen molar-refractivity contribution >= 4 is 5.82 Å². The van der Waals surface area contributed by atoms with E-state index >= 15 is 0 Å². The van der Waals surface area contributed by atoms with Crippen LogP contribution in [-0.4, -0.2) is 18.1 Å². The zero-order chi connectivity index (χ0) is 13.4. The highest BCUT2D eigenvalue weighted by molar-refractivity contribution is 5.51. The van der Waals surface area contributed by atoms with Crippen molar-refractivity contribution in [1.82, 2.24) is 4.98 Å². The van der Waals surface area contributed by atoms with E-state index in [1.54, 1.807) is 0 Å². The Balaban J connectivity index is 1.94. The molecule has 2 aliphatic rings. The van der Waals surface area contributed by atoms with Crippen LogP contribution in [0.5, 0.6) is 0 Å². The molecule has 19 heavy (non-hydrogen) atoms. The van der Waals surface area contributed by atoms with Gasteiger partial charge in [-0.3, -0.25) is 0 Å². The van der Waals surface area contributed by atoms with Gasteiger partial charge in [0, 0.05) is 30.9 Å². The van der Waals surface area contributed by atoms with Crippen molar-refractivity contribution in [3.8, 4) is 0 Å². The number of anilines is 1. The maximum Gasteiger partial charge on any atom is 0.133 e. The number of nitrogens with two attached hydrogens (primary N) is 1. The molecule has 3 rings (SSSR count). The quantitative estimate of drug-likeness (QED) is 0.904. The summed E-state index contributed by atoms with van der Waals surface area (Å²) in [7, 11) is 2.18. The summed E-state index contributed by atoms with van der Waals surface area (Å²) in [5, 5.41) is 0. The predicted molar refractivity (Wildman–Crippen MR) is 79.4 cm³/mol. The average molecular weight is 259 g/mol. The van der Waals surface area contributed by atoms with Crippen LogP contribution >= 0.6 is 0 Å². The maximum absolute atomic E-state index is 5.95. The molecule has 0 amide bonds. The van der Waals surface area contributed by atoms with Crippen LogP contribution in [0.25, 0.3) is 0 Å². The van der Waals surface area contributed by atoms with Gasteiger partial charge in [-0.2, -0.15) is 0 Å². The molecule has 0 radical (unpaired) electrons. The molecule has 0 aliphatic heterocycles. The lowest BCUT2D eigenvalue weighted by molar-refractivity contribution is 0.596. The van der Waals surface area contributed by atoms with Crippen LogP contribution in [0, 0.1) is 5.92 Å². The third kappa shape index (κ3) is 2.48. The van der Waals surface area contributed by atoms with E-state index in [1.165, 1.54) is 48.9 Å². The number of aryl methyl sites for hydroxylation is 2. The summed E-state index contributed by atoms with van der Waals surface area (Å²) in [5.74, 6) is 1.98. The topological polar surface area (TPSA) is 42.2 Å². The Hall–Kier alpha value is -1.09. The van der Waals surface area contributed by atoms with Crippen LogP contribution in [0.2, 0.25) is 0 Å². The zero-order valence-corrected chi connectivity index (χ0v) is 12.2. The number of aromatic nitrogens is 1. The zero-order valence-electron chi connectivity index (χ0n) is 12.2. The van der Waals surface area contributed by atoms with Crippen molar-refractivity contribution in [3.63, 3.8) is 0 Å². The Labute approximate surface area is 116 Å². The third-order valence-electron chi connectivity index (χ3n) is 4.83. The molecule has 1 aromatic rings. The highest BCUT2D eigenvalue weighted by Crippen LogP contribution is 2.37. The molecule has 0 bridgehead atoms. The largest absolute Gasteiger partial charge is 0.356 e. The van der Waals surface area contributed by atoms with E-state index in [-0.39, 0.29) is 0 Å². The lowest BCUT2D eigenvalue weighted by Crippen LogP contribution is -2.33. The van der Waals surface area contributed by atoms with Crippen LogP contribution in [0.1, 0.15) is 49.4 Å². The van der Waals surface area contributed by atoms with Gasteiger partial charge in [-0.05, 0) is 63.0 Å².